The molecule has 3 aromatic rings. The molecule has 29 heavy (non-hydrogen) atoms. The van der Waals surface area contributed by atoms with Crippen molar-refractivity contribution >= 4 is 39.8 Å². The minimum atomic E-state index is -0.379. The van der Waals surface area contributed by atoms with E-state index < -0.39 is 0 Å². The van der Waals surface area contributed by atoms with Crippen LogP contribution in [-0.2, 0) is 9.47 Å². The Morgan fingerprint density at radius 2 is 1.72 bits per heavy atom. The molecule has 0 saturated carbocycles. The Labute approximate surface area is 180 Å². The summed E-state index contributed by atoms with van der Waals surface area (Å²) in [4.78, 5) is 7.29. The largest absolute Gasteiger partial charge is 0.371 e. The number of aromatic nitrogens is 1. The first-order chi connectivity index (χ1) is 14.0. The smallest absolute Gasteiger partial charge is 0.171 e. The number of ether oxygens (including phenoxy) is 2. The third-order valence-electron chi connectivity index (χ3n) is 5.85. The Balaban J connectivity index is 1.57. The summed E-state index contributed by atoms with van der Waals surface area (Å²) in [6, 6.07) is 14.0. The van der Waals surface area contributed by atoms with Crippen molar-refractivity contribution in [1.29, 1.82) is 0 Å². The molecular formula is C23H22Cl2N2O2. The second kappa shape index (κ2) is 7.44. The van der Waals surface area contributed by atoms with Gasteiger partial charge in [0.25, 0.3) is 0 Å². The van der Waals surface area contributed by atoms with Gasteiger partial charge in [-0.05, 0) is 25.1 Å². The predicted octanol–water partition coefficient (Wildman–Crippen LogP) is 5.86. The topological polar surface area (TPSA) is 34.6 Å². The fourth-order valence-corrected chi connectivity index (χ4v) is 4.93. The third kappa shape index (κ3) is 3.49. The summed E-state index contributed by atoms with van der Waals surface area (Å²) in [6.07, 6.45) is 1.75. The van der Waals surface area contributed by atoms with E-state index in [2.05, 4.69) is 29.2 Å². The second-order valence-electron chi connectivity index (χ2n) is 7.70. The van der Waals surface area contributed by atoms with E-state index in [1.807, 2.05) is 19.1 Å². The van der Waals surface area contributed by atoms with E-state index in [1.165, 1.54) is 5.69 Å². The van der Waals surface area contributed by atoms with Crippen LogP contribution in [0.15, 0.2) is 42.5 Å². The molecule has 2 fully saturated rings. The van der Waals surface area contributed by atoms with Crippen LogP contribution >= 0.6 is 23.2 Å². The van der Waals surface area contributed by atoms with Crippen molar-refractivity contribution < 1.29 is 9.47 Å². The molecule has 0 amide bonds. The van der Waals surface area contributed by atoms with Gasteiger partial charge in [0.05, 0.1) is 18.7 Å². The highest BCUT2D eigenvalue weighted by Crippen LogP contribution is 2.39. The Morgan fingerprint density at radius 3 is 2.45 bits per heavy atom. The van der Waals surface area contributed by atoms with Gasteiger partial charge in [-0.15, -0.1) is 0 Å². The number of aryl methyl sites for hydroxylation is 1. The molecule has 3 heterocycles. The number of hydrogen-bond donors (Lipinski definition) is 0. The van der Waals surface area contributed by atoms with Crippen LogP contribution in [0.3, 0.4) is 0 Å². The Morgan fingerprint density at radius 1 is 0.966 bits per heavy atom. The molecule has 0 bridgehead atoms. The molecule has 6 heteroatoms. The molecule has 0 radical (unpaired) electrons. The average molecular weight is 429 g/mol. The second-order valence-corrected chi connectivity index (χ2v) is 8.55. The lowest BCUT2D eigenvalue weighted by molar-refractivity contribution is -0.169. The van der Waals surface area contributed by atoms with Gasteiger partial charge in [0.1, 0.15) is 0 Å². The number of hydrogen-bond acceptors (Lipinski definition) is 4. The van der Waals surface area contributed by atoms with Crippen LogP contribution in [0, 0.1) is 6.92 Å². The predicted molar refractivity (Wildman–Crippen MR) is 118 cm³/mol. The average Bonchev–Trinajstić information content (AvgIpc) is 3.16. The molecule has 0 atom stereocenters. The lowest BCUT2D eigenvalue weighted by Crippen LogP contribution is -2.45. The number of pyridine rings is 1. The van der Waals surface area contributed by atoms with E-state index in [9.17, 15) is 0 Å². The minimum Gasteiger partial charge on any atom is -0.371 e. The molecule has 2 aromatic carbocycles. The van der Waals surface area contributed by atoms with Crippen molar-refractivity contribution in [2.45, 2.75) is 25.6 Å². The van der Waals surface area contributed by atoms with Crippen molar-refractivity contribution in [2.24, 2.45) is 0 Å². The van der Waals surface area contributed by atoms with Crippen LogP contribution in [0.4, 0.5) is 5.69 Å². The zero-order chi connectivity index (χ0) is 20.0. The van der Waals surface area contributed by atoms with Gasteiger partial charge in [-0.3, -0.25) is 4.98 Å². The van der Waals surface area contributed by atoms with E-state index in [0.717, 1.165) is 53.7 Å². The number of halogens is 2. The van der Waals surface area contributed by atoms with Gasteiger partial charge >= 0.3 is 0 Å². The summed E-state index contributed by atoms with van der Waals surface area (Å²) < 4.78 is 11.8. The number of para-hydroxylation sites is 1. The maximum atomic E-state index is 6.51. The standard InChI is InChI=1S/C23H22Cl2N2O2/c1-15-13-21(27-9-7-23(8-10-27)28-11-12-29-23)19-4-2-3-18(22(19)26-15)17-6-5-16(24)14-20(17)25/h2-6,13-14H,7-12H2,1H3. The monoisotopic (exact) mass is 428 g/mol. The molecule has 2 saturated heterocycles. The van der Waals surface area contributed by atoms with Gasteiger partial charge < -0.3 is 14.4 Å². The van der Waals surface area contributed by atoms with Crippen LogP contribution < -0.4 is 4.90 Å². The van der Waals surface area contributed by atoms with E-state index in [0.29, 0.717) is 23.3 Å². The number of anilines is 1. The van der Waals surface area contributed by atoms with Crippen molar-refractivity contribution in [3.63, 3.8) is 0 Å². The van der Waals surface area contributed by atoms with Gasteiger partial charge in [-0.1, -0.05) is 47.5 Å². The van der Waals surface area contributed by atoms with Crippen molar-refractivity contribution in [2.75, 3.05) is 31.2 Å². The van der Waals surface area contributed by atoms with Crippen molar-refractivity contribution in [1.82, 2.24) is 4.98 Å². The summed E-state index contributed by atoms with van der Waals surface area (Å²) in [5, 5.41) is 2.39. The van der Waals surface area contributed by atoms with Crippen LogP contribution in [0.2, 0.25) is 10.0 Å². The molecular weight excluding hydrogens is 407 g/mol. The van der Waals surface area contributed by atoms with Crippen LogP contribution in [-0.4, -0.2) is 37.1 Å². The molecule has 1 aromatic heterocycles. The zero-order valence-electron chi connectivity index (χ0n) is 16.3. The number of benzene rings is 2. The third-order valence-corrected chi connectivity index (χ3v) is 6.39. The lowest BCUT2D eigenvalue weighted by atomic mass is 9.98. The quantitative estimate of drug-likeness (QED) is 0.511. The molecule has 4 nitrogen and oxygen atoms in total. The fourth-order valence-electron chi connectivity index (χ4n) is 4.42. The molecule has 2 aliphatic heterocycles. The highest BCUT2D eigenvalue weighted by atomic mass is 35.5. The first-order valence-corrected chi connectivity index (χ1v) is 10.7. The summed E-state index contributed by atoms with van der Waals surface area (Å²) in [5.41, 5.74) is 5.10. The number of nitrogens with zero attached hydrogens (tertiary/aromatic N) is 2. The van der Waals surface area contributed by atoms with Crippen molar-refractivity contribution in [3.05, 3.63) is 58.2 Å². The molecule has 0 unspecified atom stereocenters. The van der Waals surface area contributed by atoms with Gasteiger partial charge in [-0.25, -0.2) is 0 Å². The van der Waals surface area contributed by atoms with E-state index >= 15 is 0 Å². The Bertz CT molecular complexity index is 1070. The van der Waals surface area contributed by atoms with Crippen molar-refractivity contribution in [3.8, 4) is 11.1 Å². The van der Waals surface area contributed by atoms with Gasteiger partial charge in [0.15, 0.2) is 5.79 Å². The molecule has 150 valence electrons. The molecule has 5 rings (SSSR count). The molecule has 1 spiro atoms. The van der Waals surface area contributed by atoms with Crippen LogP contribution in [0.25, 0.3) is 22.0 Å². The summed E-state index contributed by atoms with van der Waals surface area (Å²) >= 11 is 12.6. The Kier molecular flexibility index (Phi) is 4.91. The van der Waals surface area contributed by atoms with E-state index in [-0.39, 0.29) is 5.79 Å². The number of fused-ring (bicyclic) bond motifs is 1. The first-order valence-electron chi connectivity index (χ1n) is 9.93. The summed E-state index contributed by atoms with van der Waals surface area (Å²) in [6.45, 7) is 5.22. The summed E-state index contributed by atoms with van der Waals surface area (Å²) in [7, 11) is 0. The normalized spacial score (nSPS) is 18.7. The van der Waals surface area contributed by atoms with Gasteiger partial charge in [0.2, 0.25) is 0 Å². The zero-order valence-corrected chi connectivity index (χ0v) is 17.8. The molecule has 2 aliphatic rings. The highest BCUT2D eigenvalue weighted by Gasteiger charge is 2.40. The number of rotatable bonds is 2. The first kappa shape index (κ1) is 19.1. The Hall–Kier alpha value is -1.85. The fraction of sp³-hybridized carbons (Fsp3) is 0.348. The lowest BCUT2D eigenvalue weighted by Gasteiger charge is -2.39. The highest BCUT2D eigenvalue weighted by molar-refractivity contribution is 6.36. The van der Waals surface area contributed by atoms with E-state index in [1.54, 1.807) is 6.07 Å². The van der Waals surface area contributed by atoms with Gasteiger partial charge in [-0.2, -0.15) is 0 Å². The van der Waals surface area contributed by atoms with Crippen LogP contribution in [0.1, 0.15) is 18.5 Å². The van der Waals surface area contributed by atoms with Gasteiger partial charge in [0, 0.05) is 63.9 Å². The molecule has 0 aliphatic carbocycles. The minimum absolute atomic E-state index is 0.379. The van der Waals surface area contributed by atoms with Crippen LogP contribution in [0.5, 0.6) is 0 Å². The SMILES string of the molecule is Cc1cc(N2CCC3(CC2)OCCO3)c2cccc(-c3ccc(Cl)cc3Cl)c2n1. The molecule has 0 N–H and O–H groups in total. The maximum Gasteiger partial charge on any atom is 0.171 e. The maximum absolute atomic E-state index is 6.51. The summed E-state index contributed by atoms with van der Waals surface area (Å²) in [5.74, 6) is -0.379. The van der Waals surface area contributed by atoms with E-state index in [4.69, 9.17) is 37.7 Å². The number of piperidine rings is 1.